The SMILES string of the molecule is COc1ccc([Si](C)(C)[C@H]2[C@H](CCO)O[C@@]3(C(=O)N(Cc4ccc(N5C(=O)c6cccc7cccc5c67)cc4)c4ccc(Br)cc43)[C@@H]2C)cc1. The van der Waals surface area contributed by atoms with E-state index in [2.05, 4.69) is 48.1 Å². The van der Waals surface area contributed by atoms with Gasteiger partial charge in [0.1, 0.15) is 5.75 Å². The fourth-order valence-corrected chi connectivity index (χ4v) is 13.4. The second kappa shape index (κ2) is 12.2. The Labute approximate surface area is 301 Å². The first-order valence-corrected chi connectivity index (χ1v) is 21.0. The van der Waals surface area contributed by atoms with Crippen molar-refractivity contribution >= 4 is 68.8 Å². The molecule has 4 atom stereocenters. The molecule has 5 aromatic carbocycles. The predicted octanol–water partition coefficient (Wildman–Crippen LogP) is 8.05. The van der Waals surface area contributed by atoms with Crippen molar-refractivity contribution in [3.8, 4) is 5.75 Å². The molecule has 7 nitrogen and oxygen atoms in total. The summed E-state index contributed by atoms with van der Waals surface area (Å²) >= 11 is 3.68. The highest BCUT2D eigenvalue weighted by atomic mass is 79.9. The number of rotatable bonds is 8. The van der Waals surface area contributed by atoms with Crippen LogP contribution < -0.4 is 19.7 Å². The molecule has 50 heavy (non-hydrogen) atoms. The van der Waals surface area contributed by atoms with Crippen LogP contribution in [0.1, 0.15) is 34.8 Å². The summed E-state index contributed by atoms with van der Waals surface area (Å²) in [4.78, 5) is 32.1. The van der Waals surface area contributed by atoms with Crippen molar-refractivity contribution in [1.29, 1.82) is 0 Å². The van der Waals surface area contributed by atoms with Crippen molar-refractivity contribution in [3.05, 3.63) is 124 Å². The number of benzene rings is 5. The largest absolute Gasteiger partial charge is 0.497 e. The molecule has 3 aliphatic rings. The maximum absolute atomic E-state index is 15.0. The minimum absolute atomic E-state index is 0.0221. The van der Waals surface area contributed by atoms with Crippen LogP contribution in [0.3, 0.4) is 0 Å². The molecule has 3 heterocycles. The third-order valence-corrected chi connectivity index (χ3v) is 16.2. The molecule has 1 fully saturated rings. The van der Waals surface area contributed by atoms with Gasteiger partial charge in [-0.05, 0) is 77.5 Å². The average Bonchev–Trinajstić information content (AvgIpc) is 3.67. The van der Waals surface area contributed by atoms with Gasteiger partial charge in [0.05, 0.1) is 44.8 Å². The second-order valence-electron chi connectivity index (χ2n) is 14.2. The quantitative estimate of drug-likeness (QED) is 0.163. The molecule has 0 aliphatic carbocycles. The Bertz CT molecular complexity index is 2150. The number of carbonyl (C=O) groups excluding carboxylic acids is 2. The zero-order valence-electron chi connectivity index (χ0n) is 28.5. The molecule has 0 radical (unpaired) electrons. The molecule has 0 saturated carbocycles. The van der Waals surface area contributed by atoms with Crippen molar-refractivity contribution in [2.75, 3.05) is 23.5 Å². The number of nitrogens with zero attached hydrogens (tertiary/aromatic N) is 2. The third-order valence-electron chi connectivity index (χ3n) is 11.3. The molecule has 0 unspecified atom stereocenters. The monoisotopic (exact) mass is 746 g/mol. The highest BCUT2D eigenvalue weighted by molar-refractivity contribution is 9.10. The van der Waals surface area contributed by atoms with E-state index in [-0.39, 0.29) is 36.0 Å². The van der Waals surface area contributed by atoms with Crippen molar-refractivity contribution in [3.63, 3.8) is 0 Å². The number of fused-ring (bicyclic) bond motifs is 2. The van der Waals surface area contributed by atoms with Gasteiger partial charge in [-0.25, -0.2) is 0 Å². The summed E-state index contributed by atoms with van der Waals surface area (Å²) in [6.07, 6.45) is 0.161. The Balaban J connectivity index is 1.13. The van der Waals surface area contributed by atoms with Gasteiger partial charge >= 0.3 is 0 Å². The number of aliphatic hydroxyl groups is 1. The highest BCUT2D eigenvalue weighted by Gasteiger charge is 2.66. The fourth-order valence-electron chi connectivity index (χ4n) is 8.94. The summed E-state index contributed by atoms with van der Waals surface area (Å²) in [6, 6.07) is 34.0. The van der Waals surface area contributed by atoms with Gasteiger partial charge in [0.2, 0.25) is 0 Å². The Hall–Kier alpha value is -4.28. The van der Waals surface area contributed by atoms with Crippen LogP contribution in [0.5, 0.6) is 5.75 Å². The van der Waals surface area contributed by atoms with E-state index in [1.165, 1.54) is 5.19 Å². The van der Waals surface area contributed by atoms with Gasteiger partial charge in [-0.1, -0.05) is 89.7 Å². The van der Waals surface area contributed by atoms with E-state index >= 15 is 0 Å². The lowest BCUT2D eigenvalue weighted by molar-refractivity contribution is -0.146. The predicted molar refractivity (Wildman–Crippen MR) is 203 cm³/mol. The molecular weight excluding hydrogens is 708 g/mol. The van der Waals surface area contributed by atoms with Crippen molar-refractivity contribution in [2.45, 2.75) is 50.2 Å². The van der Waals surface area contributed by atoms with Crippen LogP contribution in [0.4, 0.5) is 17.1 Å². The number of aliphatic hydroxyl groups excluding tert-OH is 1. The molecule has 3 aliphatic heterocycles. The summed E-state index contributed by atoms with van der Waals surface area (Å²) in [5.41, 5.74) is 3.88. The van der Waals surface area contributed by atoms with Crippen LogP contribution in [-0.2, 0) is 21.7 Å². The molecule has 0 aromatic heterocycles. The number of ether oxygens (including phenoxy) is 2. The lowest BCUT2D eigenvalue weighted by Crippen LogP contribution is -2.51. The van der Waals surface area contributed by atoms with Gasteiger partial charge in [0, 0.05) is 33.6 Å². The van der Waals surface area contributed by atoms with Crippen LogP contribution in [0.25, 0.3) is 10.8 Å². The first-order valence-electron chi connectivity index (χ1n) is 17.1. The molecule has 1 saturated heterocycles. The lowest BCUT2D eigenvalue weighted by Gasteiger charge is -2.37. The van der Waals surface area contributed by atoms with Gasteiger partial charge in [-0.2, -0.15) is 0 Å². The molecule has 1 N–H and O–H groups in total. The fraction of sp³-hybridized carbons (Fsp3) is 0.268. The standard InChI is InChI=1S/C41H39BrN2O5Si/c1-25-38(50(3,4)31-18-16-30(48-2)17-19-31)36(21-22-45)49-41(25)33-23-28(42)13-20-34(33)43(40(41)47)24-26-11-14-29(15-12-26)44-35-10-6-8-27-7-5-9-32(37(27)35)39(44)46/h5-20,23,25,36,38,45H,21-22,24H2,1-4H3/t25-,36+,38-,41+/m1/s1. The first kappa shape index (κ1) is 32.9. The van der Waals surface area contributed by atoms with Gasteiger partial charge in [0.25, 0.3) is 11.8 Å². The second-order valence-corrected chi connectivity index (χ2v) is 19.8. The molecule has 8 rings (SSSR count). The number of anilines is 3. The lowest BCUT2D eigenvalue weighted by atomic mass is 9.82. The summed E-state index contributed by atoms with van der Waals surface area (Å²) in [5, 5.41) is 13.5. The highest BCUT2D eigenvalue weighted by Crippen LogP contribution is 2.60. The van der Waals surface area contributed by atoms with Crippen LogP contribution in [-0.4, -0.2) is 44.8 Å². The van der Waals surface area contributed by atoms with Crippen LogP contribution in [0, 0.1) is 5.92 Å². The Kier molecular flexibility index (Phi) is 8.02. The Morgan fingerprint density at radius 2 is 1.64 bits per heavy atom. The maximum Gasteiger partial charge on any atom is 0.264 e. The van der Waals surface area contributed by atoms with E-state index in [1.54, 1.807) is 12.0 Å². The maximum atomic E-state index is 15.0. The van der Waals surface area contributed by atoms with Crippen molar-refractivity contribution < 1.29 is 24.2 Å². The summed E-state index contributed by atoms with van der Waals surface area (Å²) < 4.78 is 13.4. The molecule has 5 aromatic rings. The number of halogens is 1. The Morgan fingerprint density at radius 1 is 0.920 bits per heavy atom. The smallest absolute Gasteiger partial charge is 0.264 e. The normalized spacial score (nSPS) is 22.6. The minimum Gasteiger partial charge on any atom is -0.497 e. The van der Waals surface area contributed by atoms with E-state index in [1.807, 2.05) is 95.9 Å². The molecule has 0 bridgehead atoms. The summed E-state index contributed by atoms with van der Waals surface area (Å²) in [7, 11) is -0.604. The van der Waals surface area contributed by atoms with Gasteiger partial charge in [-0.15, -0.1) is 0 Å². The van der Waals surface area contributed by atoms with E-state index in [9.17, 15) is 14.7 Å². The number of amides is 2. The first-order chi connectivity index (χ1) is 24.1. The van der Waals surface area contributed by atoms with Crippen LogP contribution >= 0.6 is 15.9 Å². The number of hydrogen-bond donors (Lipinski definition) is 1. The molecule has 1 spiro atoms. The summed E-state index contributed by atoms with van der Waals surface area (Å²) in [5.74, 6) is 0.534. The zero-order valence-corrected chi connectivity index (χ0v) is 31.1. The molecule has 254 valence electrons. The van der Waals surface area contributed by atoms with E-state index in [0.29, 0.717) is 18.5 Å². The third kappa shape index (κ3) is 4.81. The molecular formula is C41H39BrN2O5Si. The number of carbonyl (C=O) groups is 2. The summed E-state index contributed by atoms with van der Waals surface area (Å²) in [6.45, 7) is 7.17. The zero-order chi connectivity index (χ0) is 34.9. The van der Waals surface area contributed by atoms with Crippen LogP contribution in [0.15, 0.2) is 108 Å². The van der Waals surface area contributed by atoms with Gasteiger partial charge < -0.3 is 19.5 Å². The average molecular weight is 748 g/mol. The van der Waals surface area contributed by atoms with Crippen molar-refractivity contribution in [2.24, 2.45) is 5.92 Å². The topological polar surface area (TPSA) is 79.3 Å². The van der Waals surface area contributed by atoms with E-state index in [0.717, 1.165) is 49.2 Å². The van der Waals surface area contributed by atoms with E-state index < -0.39 is 13.7 Å². The molecule has 2 amide bonds. The van der Waals surface area contributed by atoms with Gasteiger partial charge in [0.15, 0.2) is 5.60 Å². The van der Waals surface area contributed by atoms with Crippen molar-refractivity contribution in [1.82, 2.24) is 0 Å². The van der Waals surface area contributed by atoms with Gasteiger partial charge in [-0.3, -0.25) is 14.5 Å². The van der Waals surface area contributed by atoms with Crippen LogP contribution in [0.2, 0.25) is 18.6 Å². The molecule has 9 heteroatoms. The minimum atomic E-state index is -2.27. The number of methoxy groups -OCH3 is 1. The Morgan fingerprint density at radius 3 is 2.34 bits per heavy atom. The van der Waals surface area contributed by atoms with E-state index in [4.69, 9.17) is 9.47 Å². The number of hydrogen-bond acceptors (Lipinski definition) is 5.